The molecule has 3 aromatic carbocycles. The first-order chi connectivity index (χ1) is 16.5. The van der Waals surface area contributed by atoms with Gasteiger partial charge in [0.1, 0.15) is 5.92 Å². The van der Waals surface area contributed by atoms with Crippen LogP contribution < -0.4 is 5.01 Å². The third-order valence-electron chi connectivity index (χ3n) is 6.83. The molecule has 4 unspecified atom stereocenters. The molecule has 0 aromatic heterocycles. The molecule has 3 aliphatic rings. The molecule has 3 heterocycles. The summed E-state index contributed by atoms with van der Waals surface area (Å²) >= 11 is 7.01. The van der Waals surface area contributed by atoms with Crippen LogP contribution in [0.4, 0.5) is 5.69 Å². The predicted molar refractivity (Wildman–Crippen MR) is 136 cm³/mol. The first-order valence-electron chi connectivity index (χ1n) is 11.1. The van der Waals surface area contributed by atoms with Crippen molar-refractivity contribution in [3.63, 3.8) is 0 Å². The number of carbonyl (C=O) groups excluding carboxylic acids is 2. The van der Waals surface area contributed by atoms with Crippen molar-refractivity contribution in [1.29, 1.82) is 0 Å². The molecular formula is C27H20Br2N2O3. The summed E-state index contributed by atoms with van der Waals surface area (Å²) in [5, 5.41) is 4.17. The maximum Gasteiger partial charge on any atom is 0.339 e. The Hall–Kier alpha value is -2.90. The lowest BCUT2D eigenvalue weighted by Gasteiger charge is -2.43. The van der Waals surface area contributed by atoms with Gasteiger partial charge in [0, 0.05) is 27.0 Å². The first kappa shape index (κ1) is 21.6. The van der Waals surface area contributed by atoms with Crippen LogP contribution >= 0.6 is 31.9 Å². The van der Waals surface area contributed by atoms with Gasteiger partial charge in [-0.3, -0.25) is 14.8 Å². The number of hydrazine groups is 1. The molecule has 3 aromatic rings. The van der Waals surface area contributed by atoms with Gasteiger partial charge in [0.05, 0.1) is 11.7 Å². The minimum Gasteiger partial charge on any atom is -0.391 e. The Bertz CT molecular complexity index is 1290. The minimum absolute atomic E-state index is 0.0189. The maximum absolute atomic E-state index is 13.1. The summed E-state index contributed by atoms with van der Waals surface area (Å²) < 4.78 is 7.22. The highest BCUT2D eigenvalue weighted by Gasteiger charge is 2.58. The fraction of sp³-hybridized carbons (Fsp3) is 0.185. The van der Waals surface area contributed by atoms with E-state index in [0.29, 0.717) is 6.42 Å². The number of fused-ring (bicyclic) bond motifs is 3. The largest absolute Gasteiger partial charge is 0.391 e. The van der Waals surface area contributed by atoms with E-state index >= 15 is 0 Å². The smallest absolute Gasteiger partial charge is 0.339 e. The SMILES string of the molecule is O=C1OC(=O)C2C1C(c1ccc(Br)cc1)C=C1CC(c3ccc(Br)cc3)N(c3ccccc3)N12. The van der Waals surface area contributed by atoms with E-state index < -0.39 is 23.9 Å². The molecule has 0 spiro atoms. The van der Waals surface area contributed by atoms with Gasteiger partial charge in [-0.2, -0.15) is 0 Å². The quantitative estimate of drug-likeness (QED) is 0.276. The summed E-state index contributed by atoms with van der Waals surface area (Å²) in [6.45, 7) is 0. The van der Waals surface area contributed by atoms with Crippen molar-refractivity contribution in [2.75, 3.05) is 5.01 Å². The molecule has 0 N–H and O–H groups in total. The fourth-order valence-corrected chi connectivity index (χ4v) is 5.88. The van der Waals surface area contributed by atoms with Crippen molar-refractivity contribution in [1.82, 2.24) is 5.01 Å². The first-order valence-corrected chi connectivity index (χ1v) is 12.7. The number of anilines is 1. The fourth-order valence-electron chi connectivity index (χ4n) is 5.35. The van der Waals surface area contributed by atoms with E-state index in [2.05, 4.69) is 55.1 Å². The number of carbonyl (C=O) groups is 2. The Morgan fingerprint density at radius 3 is 2.00 bits per heavy atom. The van der Waals surface area contributed by atoms with Crippen LogP contribution in [0.3, 0.4) is 0 Å². The molecule has 0 bridgehead atoms. The van der Waals surface area contributed by atoms with Crippen molar-refractivity contribution >= 4 is 49.5 Å². The van der Waals surface area contributed by atoms with Gasteiger partial charge < -0.3 is 4.74 Å². The zero-order chi connectivity index (χ0) is 23.4. The molecule has 7 heteroatoms. The van der Waals surface area contributed by atoms with E-state index in [-0.39, 0.29) is 12.0 Å². The number of benzene rings is 3. The molecule has 2 fully saturated rings. The lowest BCUT2D eigenvalue weighted by atomic mass is 9.79. The third-order valence-corrected chi connectivity index (χ3v) is 7.89. The lowest BCUT2D eigenvalue weighted by molar-refractivity contribution is -0.153. The topological polar surface area (TPSA) is 49.9 Å². The van der Waals surface area contributed by atoms with Gasteiger partial charge >= 0.3 is 11.9 Å². The van der Waals surface area contributed by atoms with Crippen molar-refractivity contribution in [2.24, 2.45) is 5.92 Å². The second-order valence-corrected chi connectivity index (χ2v) is 10.6. The van der Waals surface area contributed by atoms with Crippen LogP contribution in [0, 0.1) is 5.92 Å². The van der Waals surface area contributed by atoms with Gasteiger partial charge in [-0.1, -0.05) is 80.4 Å². The molecule has 0 saturated carbocycles. The Morgan fingerprint density at radius 2 is 1.35 bits per heavy atom. The average Bonchev–Trinajstić information content (AvgIpc) is 3.37. The number of allylic oxidation sites excluding steroid dienone is 1. The van der Waals surface area contributed by atoms with Crippen LogP contribution in [0.1, 0.15) is 29.5 Å². The normalized spacial score (nSPS) is 25.6. The zero-order valence-electron chi connectivity index (χ0n) is 18.0. The van der Waals surface area contributed by atoms with E-state index in [1.54, 1.807) is 0 Å². The molecular weight excluding hydrogens is 560 g/mol. The van der Waals surface area contributed by atoms with E-state index in [4.69, 9.17) is 4.74 Å². The summed E-state index contributed by atoms with van der Waals surface area (Å²) in [6, 6.07) is 25.5. The van der Waals surface area contributed by atoms with Crippen LogP contribution in [0.5, 0.6) is 0 Å². The number of para-hydroxylation sites is 1. The molecule has 0 amide bonds. The Balaban J connectivity index is 1.51. The van der Waals surface area contributed by atoms with Gasteiger partial charge in [0.25, 0.3) is 0 Å². The van der Waals surface area contributed by atoms with Crippen molar-refractivity contribution in [2.45, 2.75) is 24.4 Å². The molecule has 0 radical (unpaired) electrons. The highest BCUT2D eigenvalue weighted by atomic mass is 79.9. The monoisotopic (exact) mass is 578 g/mol. The number of cyclic esters (lactones) is 2. The van der Waals surface area contributed by atoms with Crippen LogP contribution in [0.15, 0.2) is 99.6 Å². The van der Waals surface area contributed by atoms with Gasteiger partial charge in [-0.05, 0) is 47.5 Å². The van der Waals surface area contributed by atoms with Crippen molar-refractivity contribution in [3.8, 4) is 0 Å². The second kappa shape index (κ2) is 8.40. The molecule has 4 atom stereocenters. The molecule has 6 rings (SSSR count). The number of esters is 2. The molecule has 2 saturated heterocycles. The standard InChI is InChI=1S/C27H20Br2N2O3/c28-18-10-6-16(7-11-18)22-14-21-15-23(17-8-12-19(29)13-9-17)30(20-4-2-1-3-5-20)31(21)25-24(22)26(32)34-27(25)33/h1-14,22-25H,15H2. The Labute approximate surface area is 214 Å². The van der Waals surface area contributed by atoms with E-state index in [1.165, 1.54) is 0 Å². The predicted octanol–water partition coefficient (Wildman–Crippen LogP) is 6.13. The molecule has 170 valence electrons. The maximum atomic E-state index is 13.1. The summed E-state index contributed by atoms with van der Waals surface area (Å²) in [5.74, 6) is -1.78. The number of hydrogen-bond acceptors (Lipinski definition) is 5. The number of hydrogen-bond donors (Lipinski definition) is 0. The number of nitrogens with zero attached hydrogens (tertiary/aromatic N) is 2. The second-order valence-electron chi connectivity index (χ2n) is 8.74. The Kier molecular flexibility index (Phi) is 5.34. The zero-order valence-corrected chi connectivity index (χ0v) is 21.1. The average molecular weight is 580 g/mol. The molecule has 34 heavy (non-hydrogen) atoms. The molecule has 0 aliphatic carbocycles. The van der Waals surface area contributed by atoms with Crippen LogP contribution in [-0.2, 0) is 14.3 Å². The number of ether oxygens (including phenoxy) is 1. The number of rotatable bonds is 3. The summed E-state index contributed by atoms with van der Waals surface area (Å²) in [7, 11) is 0. The van der Waals surface area contributed by atoms with Crippen LogP contribution in [0.25, 0.3) is 0 Å². The third kappa shape index (κ3) is 3.49. The van der Waals surface area contributed by atoms with E-state index in [9.17, 15) is 9.59 Å². The van der Waals surface area contributed by atoms with Crippen LogP contribution in [0.2, 0.25) is 0 Å². The highest BCUT2D eigenvalue weighted by Crippen LogP contribution is 2.51. The van der Waals surface area contributed by atoms with Gasteiger partial charge in [0.15, 0.2) is 6.04 Å². The number of halogens is 2. The lowest BCUT2D eigenvalue weighted by Crippen LogP contribution is -2.52. The minimum atomic E-state index is -0.707. The Morgan fingerprint density at radius 1 is 0.735 bits per heavy atom. The highest BCUT2D eigenvalue weighted by molar-refractivity contribution is 9.10. The summed E-state index contributed by atoms with van der Waals surface area (Å²) in [4.78, 5) is 26.1. The molecule has 3 aliphatic heterocycles. The summed E-state index contributed by atoms with van der Waals surface area (Å²) in [6.07, 6.45) is 2.87. The summed E-state index contributed by atoms with van der Waals surface area (Å²) in [5.41, 5.74) is 4.12. The molecule has 5 nitrogen and oxygen atoms in total. The van der Waals surface area contributed by atoms with Gasteiger partial charge in [0.2, 0.25) is 0 Å². The van der Waals surface area contributed by atoms with Crippen molar-refractivity contribution in [3.05, 3.63) is 111 Å². The van der Waals surface area contributed by atoms with Gasteiger partial charge in [-0.25, -0.2) is 4.79 Å². The van der Waals surface area contributed by atoms with Crippen LogP contribution in [-0.4, -0.2) is 23.0 Å². The van der Waals surface area contributed by atoms with E-state index in [0.717, 1.165) is 31.5 Å². The van der Waals surface area contributed by atoms with E-state index in [1.807, 2.05) is 71.7 Å². The van der Waals surface area contributed by atoms with Crippen molar-refractivity contribution < 1.29 is 14.3 Å². The van der Waals surface area contributed by atoms with Gasteiger partial charge in [-0.15, -0.1) is 0 Å².